The van der Waals surface area contributed by atoms with Gasteiger partial charge in [-0.05, 0) is 27.9 Å². The first kappa shape index (κ1) is 12.5. The number of aliphatic imine (C=N–C) groups is 1. The molecule has 1 aromatic rings. The van der Waals surface area contributed by atoms with E-state index in [9.17, 15) is 0 Å². The smallest absolute Gasteiger partial charge is 0.157 e. The number of thiophene rings is 1. The fraction of sp³-hybridized carbons (Fsp3) is 0.545. The predicted molar refractivity (Wildman–Crippen MR) is 77.4 cm³/mol. The minimum atomic E-state index is 0.582. The lowest BCUT2D eigenvalue weighted by molar-refractivity contribution is 0.503. The van der Waals surface area contributed by atoms with Crippen LogP contribution in [-0.2, 0) is 6.54 Å². The molecule has 16 heavy (non-hydrogen) atoms. The fourth-order valence-corrected chi connectivity index (χ4v) is 4.02. The molecule has 1 unspecified atom stereocenters. The summed E-state index contributed by atoms with van der Waals surface area (Å²) in [5, 5.41) is 6.67. The van der Waals surface area contributed by atoms with Crippen LogP contribution in [0.3, 0.4) is 0 Å². The summed E-state index contributed by atoms with van der Waals surface area (Å²) in [4.78, 5) is 5.90. The van der Waals surface area contributed by atoms with Gasteiger partial charge < -0.3 is 5.32 Å². The molecule has 1 aromatic heterocycles. The van der Waals surface area contributed by atoms with Crippen molar-refractivity contribution in [3.8, 4) is 0 Å². The number of hydrogen-bond donors (Lipinski definition) is 1. The van der Waals surface area contributed by atoms with Crippen molar-refractivity contribution >= 4 is 44.2 Å². The van der Waals surface area contributed by atoms with Gasteiger partial charge in [0.05, 0.1) is 6.54 Å². The molecule has 0 radical (unpaired) electrons. The third kappa shape index (κ3) is 3.25. The van der Waals surface area contributed by atoms with Crippen LogP contribution in [0.2, 0.25) is 0 Å². The number of nitrogens with one attached hydrogen (secondary N) is 1. The Balaban J connectivity index is 1.90. The lowest BCUT2D eigenvalue weighted by atomic mass is 10.1. The molecule has 0 aliphatic carbocycles. The number of amidine groups is 1. The topological polar surface area (TPSA) is 24.4 Å². The SMILES string of the molecule is CC(C)C1CSC(=NCc2cc(Br)cs2)N1. The summed E-state index contributed by atoms with van der Waals surface area (Å²) in [5.41, 5.74) is 0. The van der Waals surface area contributed by atoms with E-state index in [0.717, 1.165) is 21.9 Å². The number of hydrogen-bond acceptors (Lipinski definition) is 3. The van der Waals surface area contributed by atoms with E-state index in [2.05, 4.69) is 51.5 Å². The van der Waals surface area contributed by atoms with Crippen molar-refractivity contribution in [2.24, 2.45) is 10.9 Å². The lowest BCUT2D eigenvalue weighted by Gasteiger charge is -2.12. The normalized spacial score (nSPS) is 23.0. The summed E-state index contributed by atoms with van der Waals surface area (Å²) in [5.74, 6) is 1.82. The summed E-state index contributed by atoms with van der Waals surface area (Å²) in [6, 6.07) is 2.72. The monoisotopic (exact) mass is 318 g/mol. The molecule has 1 N–H and O–H groups in total. The Morgan fingerprint density at radius 3 is 3.00 bits per heavy atom. The molecule has 0 saturated carbocycles. The summed E-state index contributed by atoms with van der Waals surface area (Å²) in [6.07, 6.45) is 0. The molecule has 2 heterocycles. The van der Waals surface area contributed by atoms with E-state index in [1.165, 1.54) is 4.88 Å². The average Bonchev–Trinajstić information content (AvgIpc) is 2.83. The first-order valence-corrected chi connectivity index (χ1v) is 7.97. The maximum Gasteiger partial charge on any atom is 0.157 e. The predicted octanol–water partition coefficient (Wildman–Crippen LogP) is 3.73. The zero-order valence-electron chi connectivity index (χ0n) is 9.37. The molecule has 5 heteroatoms. The van der Waals surface area contributed by atoms with Gasteiger partial charge >= 0.3 is 0 Å². The lowest BCUT2D eigenvalue weighted by Crippen LogP contribution is -2.31. The minimum absolute atomic E-state index is 0.582. The van der Waals surface area contributed by atoms with E-state index in [4.69, 9.17) is 0 Å². The van der Waals surface area contributed by atoms with E-state index >= 15 is 0 Å². The van der Waals surface area contributed by atoms with E-state index in [1.54, 1.807) is 11.3 Å². The molecular weight excluding hydrogens is 304 g/mol. The molecule has 1 atom stereocenters. The average molecular weight is 319 g/mol. The Morgan fingerprint density at radius 2 is 2.44 bits per heavy atom. The highest BCUT2D eigenvalue weighted by Crippen LogP contribution is 2.22. The summed E-state index contributed by atoms with van der Waals surface area (Å²) < 4.78 is 1.15. The van der Waals surface area contributed by atoms with Crippen molar-refractivity contribution in [1.82, 2.24) is 5.32 Å². The number of nitrogens with zero attached hydrogens (tertiary/aromatic N) is 1. The molecule has 2 nitrogen and oxygen atoms in total. The van der Waals surface area contributed by atoms with Gasteiger partial charge in [0.25, 0.3) is 0 Å². The highest BCUT2D eigenvalue weighted by atomic mass is 79.9. The van der Waals surface area contributed by atoms with E-state index in [0.29, 0.717) is 12.0 Å². The molecule has 1 fully saturated rings. The van der Waals surface area contributed by atoms with Crippen molar-refractivity contribution in [2.45, 2.75) is 26.4 Å². The van der Waals surface area contributed by atoms with Gasteiger partial charge in [-0.3, -0.25) is 4.99 Å². The molecule has 1 aliphatic rings. The van der Waals surface area contributed by atoms with Gasteiger partial charge in [-0.2, -0.15) is 0 Å². The van der Waals surface area contributed by atoms with Gasteiger partial charge in [-0.25, -0.2) is 0 Å². The molecule has 1 aliphatic heterocycles. The van der Waals surface area contributed by atoms with Crippen molar-refractivity contribution in [1.29, 1.82) is 0 Å². The van der Waals surface area contributed by atoms with Crippen molar-refractivity contribution in [3.63, 3.8) is 0 Å². The second-order valence-electron chi connectivity index (χ2n) is 4.16. The summed E-state index contributed by atoms with van der Waals surface area (Å²) >= 11 is 7.04. The van der Waals surface area contributed by atoms with Crippen LogP contribution in [0.25, 0.3) is 0 Å². The number of rotatable bonds is 3. The fourth-order valence-electron chi connectivity index (χ4n) is 1.45. The molecule has 0 bridgehead atoms. The van der Waals surface area contributed by atoms with Gasteiger partial charge in [0.15, 0.2) is 5.17 Å². The third-order valence-corrected chi connectivity index (χ3v) is 5.24. The van der Waals surface area contributed by atoms with Gasteiger partial charge in [0.2, 0.25) is 0 Å². The van der Waals surface area contributed by atoms with Gasteiger partial charge in [-0.1, -0.05) is 25.6 Å². The van der Waals surface area contributed by atoms with Crippen LogP contribution in [0.4, 0.5) is 0 Å². The zero-order chi connectivity index (χ0) is 11.5. The molecule has 0 amide bonds. The maximum atomic E-state index is 4.60. The highest BCUT2D eigenvalue weighted by molar-refractivity contribution is 9.10. The van der Waals surface area contributed by atoms with Crippen molar-refractivity contribution in [3.05, 3.63) is 20.8 Å². The van der Waals surface area contributed by atoms with E-state index < -0.39 is 0 Å². The number of halogens is 1. The molecule has 2 rings (SSSR count). The Morgan fingerprint density at radius 1 is 1.62 bits per heavy atom. The Hall–Kier alpha value is -0.0000000000000000833. The second-order valence-corrected chi connectivity index (χ2v) is 7.08. The number of thioether (sulfide) groups is 1. The van der Waals surface area contributed by atoms with Crippen LogP contribution in [0.5, 0.6) is 0 Å². The quantitative estimate of drug-likeness (QED) is 0.918. The molecule has 0 aromatic carbocycles. The first-order chi connectivity index (χ1) is 7.65. The molecule has 1 saturated heterocycles. The van der Waals surface area contributed by atoms with Gasteiger partial charge in [0, 0.05) is 26.5 Å². The molecular formula is C11H15BrN2S2. The van der Waals surface area contributed by atoms with Crippen molar-refractivity contribution in [2.75, 3.05) is 5.75 Å². The second kappa shape index (κ2) is 5.56. The third-order valence-electron chi connectivity index (χ3n) is 2.51. The Kier molecular flexibility index (Phi) is 4.33. The maximum absolute atomic E-state index is 4.60. The van der Waals surface area contributed by atoms with Crippen LogP contribution in [0.1, 0.15) is 18.7 Å². The molecule has 88 valence electrons. The summed E-state index contributed by atoms with van der Waals surface area (Å²) in [6.45, 7) is 5.28. The first-order valence-electron chi connectivity index (χ1n) is 5.32. The highest BCUT2D eigenvalue weighted by Gasteiger charge is 2.22. The van der Waals surface area contributed by atoms with Crippen LogP contribution in [-0.4, -0.2) is 17.0 Å². The largest absolute Gasteiger partial charge is 0.361 e. The zero-order valence-corrected chi connectivity index (χ0v) is 12.6. The Bertz CT molecular complexity index is 387. The molecule has 0 spiro atoms. The van der Waals surface area contributed by atoms with E-state index in [1.807, 2.05) is 11.8 Å². The minimum Gasteiger partial charge on any atom is -0.361 e. The van der Waals surface area contributed by atoms with Crippen LogP contribution in [0, 0.1) is 5.92 Å². The van der Waals surface area contributed by atoms with Crippen LogP contribution < -0.4 is 5.32 Å². The standard InChI is InChI=1S/C11H15BrN2S2/c1-7(2)10-6-16-11(14-10)13-4-9-3-8(12)5-15-9/h3,5,7,10H,4,6H2,1-2H3,(H,13,14). The van der Waals surface area contributed by atoms with Gasteiger partial charge in [0.1, 0.15) is 0 Å². The Labute approximate surface area is 113 Å². The van der Waals surface area contributed by atoms with Crippen molar-refractivity contribution < 1.29 is 0 Å². The van der Waals surface area contributed by atoms with E-state index in [-0.39, 0.29) is 0 Å². The summed E-state index contributed by atoms with van der Waals surface area (Å²) in [7, 11) is 0. The van der Waals surface area contributed by atoms with Crippen LogP contribution in [0.15, 0.2) is 20.9 Å². The van der Waals surface area contributed by atoms with Crippen LogP contribution >= 0.6 is 39.0 Å². The van der Waals surface area contributed by atoms with Gasteiger partial charge in [-0.15, -0.1) is 11.3 Å².